The molecule has 158 valence electrons. The van der Waals surface area contributed by atoms with Gasteiger partial charge >= 0.3 is 6.18 Å². The lowest BCUT2D eigenvalue weighted by molar-refractivity contribution is -0.140. The normalized spacial score (nSPS) is 14.5. The molecule has 1 aromatic carbocycles. The molecule has 1 saturated carbocycles. The van der Waals surface area contributed by atoms with Crippen LogP contribution in [0.1, 0.15) is 41.7 Å². The minimum Gasteiger partial charge on any atom is -0.335 e. The first-order chi connectivity index (χ1) is 13.5. The van der Waals surface area contributed by atoms with Gasteiger partial charge in [-0.25, -0.2) is 13.5 Å². The van der Waals surface area contributed by atoms with Crippen LogP contribution in [0.2, 0.25) is 5.02 Å². The Morgan fingerprint density at radius 3 is 2.52 bits per heavy atom. The van der Waals surface area contributed by atoms with E-state index in [1.807, 2.05) is 0 Å². The van der Waals surface area contributed by atoms with E-state index < -0.39 is 54.2 Å². The molecular formula is C18H16ClF6N3O. The topological polar surface area (TPSA) is 38.1 Å². The molecule has 0 saturated heterocycles. The first-order valence-electron chi connectivity index (χ1n) is 8.64. The van der Waals surface area contributed by atoms with Crippen molar-refractivity contribution in [2.75, 3.05) is 0 Å². The summed E-state index contributed by atoms with van der Waals surface area (Å²) in [7, 11) is 1.12. The molecule has 1 aliphatic rings. The summed E-state index contributed by atoms with van der Waals surface area (Å²) in [5.74, 6) is -1.85. The molecule has 11 heteroatoms. The van der Waals surface area contributed by atoms with Gasteiger partial charge in [-0.3, -0.25) is 4.79 Å². The second-order valence-corrected chi connectivity index (χ2v) is 7.18. The van der Waals surface area contributed by atoms with Crippen molar-refractivity contribution in [3.05, 3.63) is 51.6 Å². The van der Waals surface area contributed by atoms with Crippen molar-refractivity contribution >= 4 is 17.5 Å². The quantitative estimate of drug-likeness (QED) is 0.600. The molecule has 4 nitrogen and oxygen atoms in total. The predicted molar refractivity (Wildman–Crippen MR) is 91.9 cm³/mol. The lowest BCUT2D eigenvalue weighted by Crippen LogP contribution is -2.35. The van der Waals surface area contributed by atoms with Gasteiger partial charge in [0.2, 0.25) is 11.9 Å². The van der Waals surface area contributed by atoms with Crippen molar-refractivity contribution in [2.24, 2.45) is 7.05 Å². The van der Waals surface area contributed by atoms with Gasteiger partial charge in [-0.2, -0.15) is 22.7 Å². The Balaban J connectivity index is 1.91. The molecule has 1 aromatic heterocycles. The van der Waals surface area contributed by atoms with Gasteiger partial charge in [0, 0.05) is 35.8 Å². The highest BCUT2D eigenvalue weighted by molar-refractivity contribution is 6.31. The first kappa shape index (κ1) is 21.5. The number of carbonyl (C=O) groups is 1. The van der Waals surface area contributed by atoms with E-state index in [0.717, 1.165) is 24.1 Å². The summed E-state index contributed by atoms with van der Waals surface area (Å²) in [5.41, 5.74) is -2.69. The van der Waals surface area contributed by atoms with E-state index in [1.54, 1.807) is 0 Å². The first-order valence-corrected chi connectivity index (χ1v) is 9.02. The molecule has 0 spiro atoms. The highest BCUT2D eigenvalue weighted by Crippen LogP contribution is 2.38. The van der Waals surface area contributed by atoms with Crippen molar-refractivity contribution in [3.63, 3.8) is 0 Å². The molecule has 0 bridgehead atoms. The smallest absolute Gasteiger partial charge is 0.335 e. The molecule has 0 atom stereocenters. The molecule has 0 N–H and O–H groups in total. The molecular weight excluding hydrogens is 424 g/mol. The number of nitrogens with zero attached hydrogens (tertiary/aromatic N) is 3. The van der Waals surface area contributed by atoms with E-state index in [-0.39, 0.29) is 16.6 Å². The number of benzene rings is 1. The fraction of sp³-hybridized carbons (Fsp3) is 0.444. The van der Waals surface area contributed by atoms with Crippen LogP contribution in [0.25, 0.3) is 0 Å². The van der Waals surface area contributed by atoms with Crippen LogP contribution in [0.15, 0.2) is 18.2 Å². The molecule has 1 fully saturated rings. The number of hydrogen-bond acceptors (Lipinski definition) is 2. The summed E-state index contributed by atoms with van der Waals surface area (Å²) in [6, 6.07) is 2.93. The zero-order valence-corrected chi connectivity index (χ0v) is 15.9. The maximum Gasteiger partial charge on any atom is 0.416 e. The van der Waals surface area contributed by atoms with E-state index >= 15 is 0 Å². The van der Waals surface area contributed by atoms with Gasteiger partial charge in [-0.15, -0.1) is 0 Å². The maximum atomic E-state index is 14.2. The molecule has 29 heavy (non-hydrogen) atoms. The zero-order valence-electron chi connectivity index (χ0n) is 15.1. The molecule has 0 aliphatic heterocycles. The maximum absolute atomic E-state index is 14.2. The van der Waals surface area contributed by atoms with Crippen LogP contribution in [0.5, 0.6) is 0 Å². The van der Waals surface area contributed by atoms with Crippen LogP contribution in [0.3, 0.4) is 0 Å². The lowest BCUT2D eigenvalue weighted by atomic mass is 10.1. The van der Waals surface area contributed by atoms with Gasteiger partial charge in [-0.1, -0.05) is 17.7 Å². The van der Waals surface area contributed by atoms with Crippen molar-refractivity contribution in [3.8, 4) is 0 Å². The van der Waals surface area contributed by atoms with Gasteiger partial charge < -0.3 is 4.90 Å². The Labute approximate surface area is 167 Å². The summed E-state index contributed by atoms with van der Waals surface area (Å²) in [6.07, 6.45) is -7.41. The van der Waals surface area contributed by atoms with E-state index in [4.69, 9.17) is 11.6 Å². The highest BCUT2D eigenvalue weighted by Gasteiger charge is 2.38. The largest absolute Gasteiger partial charge is 0.416 e. The Morgan fingerprint density at radius 1 is 1.31 bits per heavy atom. The monoisotopic (exact) mass is 439 g/mol. The number of aryl methyl sites for hydroxylation is 1. The second-order valence-electron chi connectivity index (χ2n) is 6.77. The van der Waals surface area contributed by atoms with Gasteiger partial charge in [-0.05, 0) is 25.0 Å². The van der Waals surface area contributed by atoms with Gasteiger partial charge in [0.15, 0.2) is 0 Å². The number of carbonyl (C=O) groups excluding carboxylic acids is 1. The van der Waals surface area contributed by atoms with E-state index in [9.17, 15) is 31.1 Å². The molecule has 1 amide bonds. The Bertz CT molecular complexity index is 923. The van der Waals surface area contributed by atoms with Crippen LogP contribution in [-0.2, 0) is 31.0 Å². The van der Waals surface area contributed by atoms with Crippen LogP contribution in [-0.4, -0.2) is 26.6 Å². The molecule has 2 aromatic rings. The lowest BCUT2D eigenvalue weighted by Gasteiger charge is -2.25. The summed E-state index contributed by atoms with van der Waals surface area (Å²) in [6.45, 7) is -0.454. The summed E-state index contributed by atoms with van der Waals surface area (Å²) in [4.78, 5) is 13.9. The minimum atomic E-state index is -4.68. The summed E-state index contributed by atoms with van der Waals surface area (Å²) in [5, 5.41) is 3.21. The van der Waals surface area contributed by atoms with Crippen molar-refractivity contribution in [1.29, 1.82) is 0 Å². The predicted octanol–water partition coefficient (Wildman–Crippen LogP) is 4.90. The Kier molecular flexibility index (Phi) is 5.84. The van der Waals surface area contributed by atoms with E-state index in [0.29, 0.717) is 17.5 Å². The highest BCUT2D eigenvalue weighted by atomic mass is 35.5. The third-order valence-electron chi connectivity index (χ3n) is 4.70. The fourth-order valence-corrected chi connectivity index (χ4v) is 3.36. The standard InChI is InChI=1S/C18H16ClF6N3O/c1-27-17(22)10(15(26-27)16(20)21)7-14(29)28(9-5-6-9)8-11-12(18(23,24)25)3-2-4-13(11)19/h2-4,9,16H,5-8H2,1H3. The van der Waals surface area contributed by atoms with E-state index in [1.165, 1.54) is 6.07 Å². The number of amides is 1. The average molecular weight is 440 g/mol. The van der Waals surface area contributed by atoms with Crippen molar-refractivity contribution in [2.45, 2.75) is 44.5 Å². The number of aromatic nitrogens is 2. The molecule has 1 aliphatic carbocycles. The van der Waals surface area contributed by atoms with Gasteiger partial charge in [0.05, 0.1) is 12.0 Å². The molecule has 3 rings (SSSR count). The fourth-order valence-electron chi connectivity index (χ4n) is 3.12. The van der Waals surface area contributed by atoms with Gasteiger partial charge in [0.25, 0.3) is 6.43 Å². The van der Waals surface area contributed by atoms with Crippen LogP contribution in [0.4, 0.5) is 26.3 Å². The third kappa shape index (κ3) is 4.52. The number of halogens is 7. The summed E-state index contributed by atoms with van der Waals surface area (Å²) < 4.78 is 81.0. The van der Waals surface area contributed by atoms with Crippen LogP contribution < -0.4 is 0 Å². The van der Waals surface area contributed by atoms with Crippen molar-refractivity contribution < 1.29 is 31.1 Å². The minimum absolute atomic E-state index is 0.167. The third-order valence-corrected chi connectivity index (χ3v) is 5.05. The Morgan fingerprint density at radius 2 is 1.97 bits per heavy atom. The molecule has 0 unspecified atom stereocenters. The number of hydrogen-bond donors (Lipinski definition) is 0. The average Bonchev–Trinajstić information content (AvgIpc) is 3.42. The van der Waals surface area contributed by atoms with Crippen LogP contribution in [0, 0.1) is 5.95 Å². The second kappa shape index (κ2) is 7.89. The van der Waals surface area contributed by atoms with Crippen molar-refractivity contribution in [1.82, 2.24) is 14.7 Å². The summed E-state index contributed by atoms with van der Waals surface area (Å²) >= 11 is 5.95. The molecule has 0 radical (unpaired) electrons. The number of rotatable bonds is 6. The molecule has 1 heterocycles. The van der Waals surface area contributed by atoms with Crippen LogP contribution >= 0.6 is 11.6 Å². The Hall–Kier alpha value is -2.23. The zero-order chi connectivity index (χ0) is 21.5. The number of alkyl halides is 5. The SMILES string of the molecule is Cn1nc(C(F)F)c(CC(=O)N(Cc2c(Cl)cccc2C(F)(F)F)C2CC2)c1F. The van der Waals surface area contributed by atoms with E-state index in [2.05, 4.69) is 5.10 Å². The van der Waals surface area contributed by atoms with Gasteiger partial charge in [0.1, 0.15) is 5.69 Å².